The number of rotatable bonds is 4. The van der Waals surface area contributed by atoms with Gasteiger partial charge in [0, 0.05) is 6.42 Å². The minimum Gasteiger partial charge on any atom is -0.297 e. The molecule has 0 aromatic heterocycles. The Morgan fingerprint density at radius 1 is 1.19 bits per heavy atom. The Kier molecular flexibility index (Phi) is 5.15. The van der Waals surface area contributed by atoms with Crippen molar-refractivity contribution in [3.8, 4) is 0 Å². The number of ketones is 1. The molecular weight excluding hydrogens is 265 g/mol. The number of hydrogen-bond donors (Lipinski definition) is 0. The Morgan fingerprint density at radius 3 is 2.38 bits per heavy atom. The highest BCUT2D eigenvalue weighted by atomic mass is 19.1. The largest absolute Gasteiger partial charge is 0.297 e. The van der Waals surface area contributed by atoms with Gasteiger partial charge in [-0.2, -0.15) is 0 Å². The molecule has 2 nitrogen and oxygen atoms in total. The quantitative estimate of drug-likeness (QED) is 0.838. The zero-order valence-electron chi connectivity index (χ0n) is 13.4. The van der Waals surface area contributed by atoms with Crippen molar-refractivity contribution < 1.29 is 9.18 Å². The van der Waals surface area contributed by atoms with Gasteiger partial charge in [0.25, 0.3) is 0 Å². The van der Waals surface area contributed by atoms with E-state index in [-0.39, 0.29) is 11.6 Å². The normalized spacial score (nSPS) is 17.5. The Bertz CT molecular complexity index is 502. The number of hydrogen-bond acceptors (Lipinski definition) is 2. The molecule has 1 aliphatic rings. The van der Waals surface area contributed by atoms with Crippen molar-refractivity contribution in [1.29, 1.82) is 0 Å². The van der Waals surface area contributed by atoms with Crippen LogP contribution < -0.4 is 0 Å². The maximum atomic E-state index is 13.2. The van der Waals surface area contributed by atoms with Gasteiger partial charge in [0.1, 0.15) is 5.82 Å². The number of carbonyl (C=O) groups is 1. The second kappa shape index (κ2) is 6.69. The van der Waals surface area contributed by atoms with E-state index in [0.717, 1.165) is 24.2 Å². The second-order valence-electron chi connectivity index (χ2n) is 6.63. The van der Waals surface area contributed by atoms with Gasteiger partial charge >= 0.3 is 0 Å². The van der Waals surface area contributed by atoms with Crippen molar-refractivity contribution in [2.75, 3.05) is 13.1 Å². The first-order valence-corrected chi connectivity index (χ1v) is 7.94. The molecule has 0 radical (unpaired) electrons. The molecule has 1 aliphatic heterocycles. The van der Waals surface area contributed by atoms with Crippen LogP contribution in [0, 0.1) is 12.7 Å². The molecule has 1 fully saturated rings. The molecule has 1 aromatic rings. The first-order valence-electron chi connectivity index (χ1n) is 7.94. The van der Waals surface area contributed by atoms with Crippen LogP contribution in [0.3, 0.4) is 0 Å². The molecule has 0 N–H and O–H groups in total. The van der Waals surface area contributed by atoms with Crippen molar-refractivity contribution in [2.45, 2.75) is 58.4 Å². The van der Waals surface area contributed by atoms with Gasteiger partial charge in [-0.15, -0.1) is 0 Å². The van der Waals surface area contributed by atoms with Gasteiger partial charge in [0.15, 0.2) is 5.78 Å². The fourth-order valence-corrected chi connectivity index (χ4v) is 3.05. The predicted molar refractivity (Wildman–Crippen MR) is 84.0 cm³/mol. The van der Waals surface area contributed by atoms with Crippen LogP contribution in [0.15, 0.2) is 18.2 Å². The van der Waals surface area contributed by atoms with Crippen molar-refractivity contribution >= 4 is 5.78 Å². The predicted octanol–water partition coefficient (Wildman–Crippen LogP) is 3.90. The summed E-state index contributed by atoms with van der Waals surface area (Å²) in [6.07, 6.45) is 5.25. The molecule has 1 heterocycles. The topological polar surface area (TPSA) is 20.3 Å². The molecule has 1 saturated heterocycles. The summed E-state index contributed by atoms with van der Waals surface area (Å²) in [4.78, 5) is 15.1. The number of halogens is 1. The monoisotopic (exact) mass is 291 g/mol. The Labute approximate surface area is 127 Å². The standard InChI is InChI=1S/C18H26FNO/c1-14-12-16(19)9-8-15(14)13-17(21)18(2,3)20-10-6-4-5-7-11-20/h8-9,12H,4-7,10-11,13H2,1-3H3. The third-order valence-corrected chi connectivity index (χ3v) is 4.73. The molecule has 0 saturated carbocycles. The van der Waals surface area contributed by atoms with E-state index < -0.39 is 5.54 Å². The van der Waals surface area contributed by atoms with Gasteiger partial charge in [-0.1, -0.05) is 18.9 Å². The maximum Gasteiger partial charge on any atom is 0.156 e. The molecule has 3 heteroatoms. The molecule has 0 atom stereocenters. The third kappa shape index (κ3) is 3.91. The van der Waals surface area contributed by atoms with Gasteiger partial charge in [-0.3, -0.25) is 9.69 Å². The number of aryl methyl sites for hydroxylation is 1. The van der Waals surface area contributed by atoms with Crippen molar-refractivity contribution in [3.63, 3.8) is 0 Å². The van der Waals surface area contributed by atoms with Crippen LogP contribution >= 0.6 is 0 Å². The average molecular weight is 291 g/mol. The lowest BCUT2D eigenvalue weighted by Crippen LogP contribution is -2.51. The minimum absolute atomic E-state index is 0.221. The molecule has 21 heavy (non-hydrogen) atoms. The minimum atomic E-state index is -0.439. The van der Waals surface area contributed by atoms with Crippen LogP contribution in [-0.2, 0) is 11.2 Å². The number of benzene rings is 1. The molecule has 0 unspecified atom stereocenters. The highest BCUT2D eigenvalue weighted by Crippen LogP contribution is 2.23. The number of Topliss-reactive ketones (excluding diaryl/α,β-unsaturated/α-hetero) is 1. The summed E-state index contributed by atoms with van der Waals surface area (Å²) in [6, 6.07) is 4.68. The fraction of sp³-hybridized carbons (Fsp3) is 0.611. The SMILES string of the molecule is Cc1cc(F)ccc1CC(=O)C(C)(C)N1CCCCCC1. The number of carbonyl (C=O) groups excluding carboxylic acids is 1. The third-order valence-electron chi connectivity index (χ3n) is 4.73. The fourth-order valence-electron chi connectivity index (χ4n) is 3.05. The summed E-state index contributed by atoms with van der Waals surface area (Å²) >= 11 is 0. The van der Waals surface area contributed by atoms with Crippen LogP contribution in [0.2, 0.25) is 0 Å². The molecular formula is C18H26FNO. The van der Waals surface area contributed by atoms with Crippen molar-refractivity contribution in [1.82, 2.24) is 4.90 Å². The zero-order chi connectivity index (χ0) is 15.5. The lowest BCUT2D eigenvalue weighted by Gasteiger charge is -2.36. The molecule has 0 bridgehead atoms. The number of nitrogens with zero attached hydrogens (tertiary/aromatic N) is 1. The van der Waals surface area contributed by atoms with Crippen LogP contribution in [0.5, 0.6) is 0 Å². The van der Waals surface area contributed by atoms with Gasteiger partial charge in [-0.25, -0.2) is 4.39 Å². The highest BCUT2D eigenvalue weighted by molar-refractivity contribution is 5.89. The van der Waals surface area contributed by atoms with Gasteiger partial charge in [0.2, 0.25) is 0 Å². The van der Waals surface area contributed by atoms with Crippen LogP contribution in [0.1, 0.15) is 50.7 Å². The summed E-state index contributed by atoms with van der Waals surface area (Å²) in [5.41, 5.74) is 1.35. The molecule has 116 valence electrons. The molecule has 0 amide bonds. The van der Waals surface area contributed by atoms with Gasteiger partial charge < -0.3 is 0 Å². The van der Waals surface area contributed by atoms with E-state index in [4.69, 9.17) is 0 Å². The Balaban J connectivity index is 2.10. The zero-order valence-corrected chi connectivity index (χ0v) is 13.4. The van der Waals surface area contributed by atoms with E-state index in [1.54, 1.807) is 6.07 Å². The summed E-state index contributed by atoms with van der Waals surface area (Å²) in [7, 11) is 0. The molecule has 0 spiro atoms. The summed E-state index contributed by atoms with van der Waals surface area (Å²) in [5, 5.41) is 0. The van der Waals surface area contributed by atoms with E-state index in [0.29, 0.717) is 6.42 Å². The summed E-state index contributed by atoms with van der Waals surface area (Å²) in [6.45, 7) is 7.92. The van der Waals surface area contributed by atoms with E-state index in [2.05, 4.69) is 4.90 Å². The first kappa shape index (κ1) is 16.2. The van der Waals surface area contributed by atoms with E-state index in [1.807, 2.05) is 20.8 Å². The van der Waals surface area contributed by atoms with E-state index >= 15 is 0 Å². The summed E-state index contributed by atoms with van der Waals surface area (Å²) < 4.78 is 13.2. The molecule has 2 rings (SSSR count). The summed E-state index contributed by atoms with van der Waals surface area (Å²) in [5.74, 6) is -0.0189. The Morgan fingerprint density at radius 2 is 1.81 bits per heavy atom. The smallest absolute Gasteiger partial charge is 0.156 e. The van der Waals surface area contributed by atoms with Crippen LogP contribution in [0.25, 0.3) is 0 Å². The van der Waals surface area contributed by atoms with Gasteiger partial charge in [0.05, 0.1) is 5.54 Å². The molecule has 1 aromatic carbocycles. The first-order chi connectivity index (χ1) is 9.91. The Hall–Kier alpha value is -1.22. The lowest BCUT2D eigenvalue weighted by atomic mass is 9.90. The van der Waals surface area contributed by atoms with E-state index in [1.165, 1.54) is 37.8 Å². The van der Waals surface area contributed by atoms with Crippen LogP contribution in [-0.4, -0.2) is 29.3 Å². The van der Waals surface area contributed by atoms with Crippen molar-refractivity contribution in [2.24, 2.45) is 0 Å². The van der Waals surface area contributed by atoms with Crippen molar-refractivity contribution in [3.05, 3.63) is 35.1 Å². The van der Waals surface area contributed by atoms with Crippen LogP contribution in [0.4, 0.5) is 4.39 Å². The van der Waals surface area contributed by atoms with E-state index in [9.17, 15) is 9.18 Å². The highest BCUT2D eigenvalue weighted by Gasteiger charge is 2.34. The second-order valence-corrected chi connectivity index (χ2v) is 6.63. The average Bonchev–Trinajstić information content (AvgIpc) is 2.71. The lowest BCUT2D eigenvalue weighted by molar-refractivity contribution is -0.128. The molecule has 0 aliphatic carbocycles. The maximum absolute atomic E-state index is 13.2. The van der Waals surface area contributed by atoms with Gasteiger partial charge in [-0.05, 0) is 70.0 Å². The number of likely N-dealkylation sites (tertiary alicyclic amines) is 1.